The van der Waals surface area contributed by atoms with E-state index in [4.69, 9.17) is 18.9 Å². The molecular formula is C16H14O5. The van der Waals surface area contributed by atoms with Crippen molar-refractivity contribution in [2.24, 2.45) is 0 Å². The van der Waals surface area contributed by atoms with Crippen LogP contribution in [0.1, 0.15) is 17.3 Å². The number of ether oxygens (including phenoxy) is 4. The highest BCUT2D eigenvalue weighted by molar-refractivity contribution is 5.91. The molecule has 0 saturated heterocycles. The van der Waals surface area contributed by atoms with Crippen LogP contribution in [-0.4, -0.2) is 19.4 Å². The Morgan fingerprint density at radius 2 is 1.76 bits per heavy atom. The van der Waals surface area contributed by atoms with Gasteiger partial charge in [0.15, 0.2) is 11.5 Å². The molecule has 1 heterocycles. The van der Waals surface area contributed by atoms with Crippen molar-refractivity contribution in [1.29, 1.82) is 0 Å². The van der Waals surface area contributed by atoms with Crippen molar-refractivity contribution in [3.8, 4) is 23.0 Å². The predicted octanol–water partition coefficient (Wildman–Crippen LogP) is 3.03. The number of carbonyl (C=O) groups is 1. The molecule has 0 aromatic heterocycles. The van der Waals surface area contributed by atoms with E-state index in [9.17, 15) is 4.79 Å². The van der Waals surface area contributed by atoms with Crippen LogP contribution in [-0.2, 0) is 0 Å². The summed E-state index contributed by atoms with van der Waals surface area (Å²) in [5.41, 5.74) is 0.410. The molecule has 0 amide bonds. The average Bonchev–Trinajstić information content (AvgIpc) is 2.97. The van der Waals surface area contributed by atoms with Gasteiger partial charge in [0.25, 0.3) is 0 Å². The second-order valence-electron chi connectivity index (χ2n) is 4.36. The van der Waals surface area contributed by atoms with Gasteiger partial charge >= 0.3 is 5.97 Å². The maximum atomic E-state index is 12.1. The first kappa shape index (κ1) is 13.3. The fourth-order valence-electron chi connectivity index (χ4n) is 1.96. The van der Waals surface area contributed by atoms with Crippen LogP contribution < -0.4 is 18.9 Å². The van der Waals surface area contributed by atoms with Crippen molar-refractivity contribution in [2.45, 2.75) is 6.92 Å². The monoisotopic (exact) mass is 286 g/mol. The molecule has 1 aliphatic rings. The first-order chi connectivity index (χ1) is 10.3. The van der Waals surface area contributed by atoms with E-state index in [-0.39, 0.29) is 6.79 Å². The molecule has 2 aromatic rings. The number of rotatable bonds is 4. The minimum atomic E-state index is -0.447. The standard InChI is InChI=1S/C16H14O5/c1-2-18-12-4-6-13(7-5-12)21-16(17)11-3-8-14-15(9-11)20-10-19-14/h3-9H,2,10H2,1H3. The maximum Gasteiger partial charge on any atom is 0.343 e. The molecule has 0 saturated carbocycles. The fourth-order valence-corrected chi connectivity index (χ4v) is 1.96. The summed E-state index contributed by atoms with van der Waals surface area (Å²) in [4.78, 5) is 12.1. The highest BCUT2D eigenvalue weighted by Gasteiger charge is 2.17. The summed E-state index contributed by atoms with van der Waals surface area (Å²) in [5, 5.41) is 0. The first-order valence-electron chi connectivity index (χ1n) is 6.61. The highest BCUT2D eigenvalue weighted by atomic mass is 16.7. The minimum Gasteiger partial charge on any atom is -0.494 e. The van der Waals surface area contributed by atoms with E-state index in [2.05, 4.69) is 0 Å². The molecule has 108 valence electrons. The van der Waals surface area contributed by atoms with Crippen LogP contribution >= 0.6 is 0 Å². The molecule has 0 atom stereocenters. The number of fused-ring (bicyclic) bond motifs is 1. The molecule has 0 fully saturated rings. The lowest BCUT2D eigenvalue weighted by atomic mass is 10.2. The third kappa shape index (κ3) is 2.91. The van der Waals surface area contributed by atoms with Gasteiger partial charge in [-0.3, -0.25) is 0 Å². The molecular weight excluding hydrogens is 272 g/mol. The van der Waals surface area contributed by atoms with E-state index in [1.165, 1.54) is 0 Å². The third-order valence-electron chi connectivity index (χ3n) is 2.95. The van der Waals surface area contributed by atoms with E-state index in [1.54, 1.807) is 42.5 Å². The molecule has 5 nitrogen and oxygen atoms in total. The van der Waals surface area contributed by atoms with E-state index < -0.39 is 5.97 Å². The van der Waals surface area contributed by atoms with Crippen molar-refractivity contribution >= 4 is 5.97 Å². The Morgan fingerprint density at radius 1 is 1.05 bits per heavy atom. The van der Waals surface area contributed by atoms with Gasteiger partial charge in [-0.1, -0.05) is 0 Å². The van der Waals surface area contributed by atoms with Crippen LogP contribution in [0, 0.1) is 0 Å². The Kier molecular flexibility index (Phi) is 3.64. The molecule has 3 rings (SSSR count). The van der Waals surface area contributed by atoms with Crippen molar-refractivity contribution in [3.63, 3.8) is 0 Å². The van der Waals surface area contributed by atoms with Crippen LogP contribution in [0.2, 0.25) is 0 Å². The number of esters is 1. The molecule has 5 heteroatoms. The fraction of sp³-hybridized carbons (Fsp3) is 0.188. The SMILES string of the molecule is CCOc1ccc(OC(=O)c2ccc3c(c2)OCO3)cc1. The Bertz CT molecular complexity index is 648. The topological polar surface area (TPSA) is 54.0 Å². The summed E-state index contributed by atoms with van der Waals surface area (Å²) in [5.74, 6) is 1.93. The Hall–Kier alpha value is -2.69. The summed E-state index contributed by atoms with van der Waals surface area (Å²) < 4.78 is 21.1. The molecule has 0 spiro atoms. The van der Waals surface area contributed by atoms with Gasteiger partial charge in [0, 0.05) is 0 Å². The van der Waals surface area contributed by atoms with Crippen LogP contribution in [0.4, 0.5) is 0 Å². The quantitative estimate of drug-likeness (QED) is 0.638. The highest BCUT2D eigenvalue weighted by Crippen LogP contribution is 2.32. The minimum absolute atomic E-state index is 0.173. The number of carbonyl (C=O) groups excluding carboxylic acids is 1. The van der Waals surface area contributed by atoms with Gasteiger partial charge in [-0.05, 0) is 49.4 Å². The molecule has 0 N–H and O–H groups in total. The second-order valence-corrected chi connectivity index (χ2v) is 4.36. The Labute approximate surface area is 122 Å². The van der Waals surface area contributed by atoms with Gasteiger partial charge < -0.3 is 18.9 Å². The summed E-state index contributed by atoms with van der Waals surface area (Å²) in [6, 6.07) is 11.8. The lowest BCUT2D eigenvalue weighted by Gasteiger charge is -2.06. The van der Waals surface area contributed by atoms with Crippen LogP contribution in [0.25, 0.3) is 0 Å². The number of benzene rings is 2. The number of hydrogen-bond acceptors (Lipinski definition) is 5. The molecule has 0 unspecified atom stereocenters. The van der Waals surface area contributed by atoms with Gasteiger partial charge in [0.1, 0.15) is 11.5 Å². The zero-order valence-corrected chi connectivity index (χ0v) is 11.5. The van der Waals surface area contributed by atoms with Gasteiger partial charge in [0.05, 0.1) is 12.2 Å². The van der Waals surface area contributed by atoms with Crippen LogP contribution in [0.15, 0.2) is 42.5 Å². The van der Waals surface area contributed by atoms with E-state index in [1.807, 2.05) is 6.92 Å². The molecule has 0 radical (unpaired) electrons. The summed E-state index contributed by atoms with van der Waals surface area (Å²) in [6.45, 7) is 2.68. The predicted molar refractivity (Wildman–Crippen MR) is 75.1 cm³/mol. The second kappa shape index (κ2) is 5.75. The van der Waals surface area contributed by atoms with E-state index >= 15 is 0 Å². The van der Waals surface area contributed by atoms with Crippen molar-refractivity contribution < 1.29 is 23.7 Å². The largest absolute Gasteiger partial charge is 0.494 e. The Morgan fingerprint density at radius 3 is 2.52 bits per heavy atom. The van der Waals surface area contributed by atoms with Crippen LogP contribution in [0.5, 0.6) is 23.0 Å². The Balaban J connectivity index is 1.71. The number of hydrogen-bond donors (Lipinski definition) is 0. The summed E-state index contributed by atoms with van der Waals surface area (Å²) in [6.07, 6.45) is 0. The zero-order chi connectivity index (χ0) is 14.7. The van der Waals surface area contributed by atoms with Gasteiger partial charge in [0.2, 0.25) is 6.79 Å². The summed E-state index contributed by atoms with van der Waals surface area (Å²) >= 11 is 0. The smallest absolute Gasteiger partial charge is 0.343 e. The van der Waals surface area contributed by atoms with E-state index in [0.29, 0.717) is 29.4 Å². The van der Waals surface area contributed by atoms with Crippen LogP contribution in [0.3, 0.4) is 0 Å². The molecule has 0 aliphatic carbocycles. The van der Waals surface area contributed by atoms with Crippen molar-refractivity contribution in [2.75, 3.05) is 13.4 Å². The van der Waals surface area contributed by atoms with Gasteiger partial charge in [-0.15, -0.1) is 0 Å². The molecule has 0 bridgehead atoms. The maximum absolute atomic E-state index is 12.1. The lowest BCUT2D eigenvalue weighted by Crippen LogP contribution is -2.08. The zero-order valence-electron chi connectivity index (χ0n) is 11.5. The van der Waals surface area contributed by atoms with Gasteiger partial charge in [-0.2, -0.15) is 0 Å². The normalized spacial score (nSPS) is 12.0. The first-order valence-corrected chi connectivity index (χ1v) is 6.61. The molecule has 21 heavy (non-hydrogen) atoms. The molecule has 2 aromatic carbocycles. The van der Waals surface area contributed by atoms with Crippen molar-refractivity contribution in [1.82, 2.24) is 0 Å². The third-order valence-corrected chi connectivity index (χ3v) is 2.95. The average molecular weight is 286 g/mol. The van der Waals surface area contributed by atoms with E-state index in [0.717, 1.165) is 5.75 Å². The van der Waals surface area contributed by atoms with Gasteiger partial charge in [-0.25, -0.2) is 4.79 Å². The molecule has 1 aliphatic heterocycles. The summed E-state index contributed by atoms with van der Waals surface area (Å²) in [7, 11) is 0. The lowest BCUT2D eigenvalue weighted by molar-refractivity contribution is 0.0734. The van der Waals surface area contributed by atoms with Crippen molar-refractivity contribution in [3.05, 3.63) is 48.0 Å².